The molecule has 1 aromatic carbocycles. The van der Waals surface area contributed by atoms with Crippen molar-refractivity contribution in [2.24, 2.45) is 4.99 Å². The zero-order valence-corrected chi connectivity index (χ0v) is 11.8. The number of aromatic nitrogens is 1. The van der Waals surface area contributed by atoms with Crippen LogP contribution in [-0.2, 0) is 0 Å². The number of amides is 1. The van der Waals surface area contributed by atoms with E-state index < -0.39 is 0 Å². The van der Waals surface area contributed by atoms with Gasteiger partial charge < -0.3 is 5.32 Å². The summed E-state index contributed by atoms with van der Waals surface area (Å²) in [5.74, 6) is 0.237. The molecule has 1 amide bonds. The second-order valence-electron chi connectivity index (χ2n) is 4.51. The number of amidine groups is 1. The summed E-state index contributed by atoms with van der Waals surface area (Å²) in [5, 5.41) is 3.35. The number of pyridine rings is 1. The minimum atomic E-state index is -0.265. The lowest BCUT2D eigenvalue weighted by atomic mass is 10.1. The van der Waals surface area contributed by atoms with Crippen molar-refractivity contribution in [1.29, 1.82) is 0 Å². The van der Waals surface area contributed by atoms with Crippen LogP contribution in [-0.4, -0.2) is 21.8 Å². The van der Waals surface area contributed by atoms with Crippen molar-refractivity contribution >= 4 is 22.8 Å². The average Bonchev–Trinajstić information content (AvgIpc) is 2.97. The van der Waals surface area contributed by atoms with Gasteiger partial charge in [0.05, 0.1) is 11.6 Å². The lowest BCUT2D eigenvalue weighted by molar-refractivity contribution is 0.0977. The van der Waals surface area contributed by atoms with Crippen LogP contribution in [0.25, 0.3) is 0 Å². The van der Waals surface area contributed by atoms with E-state index in [9.17, 15) is 9.18 Å². The highest BCUT2D eigenvalue weighted by Gasteiger charge is 2.21. The summed E-state index contributed by atoms with van der Waals surface area (Å²) in [4.78, 5) is 20.4. The van der Waals surface area contributed by atoms with E-state index in [1.165, 1.54) is 30.1 Å². The summed E-state index contributed by atoms with van der Waals surface area (Å²) in [6.07, 6.45) is 3.12. The molecule has 0 fully saturated rings. The molecule has 0 bridgehead atoms. The number of carbonyl (C=O) groups is 1. The van der Waals surface area contributed by atoms with Gasteiger partial charge >= 0.3 is 0 Å². The summed E-state index contributed by atoms with van der Waals surface area (Å²) in [5.41, 5.74) is 1.43. The van der Waals surface area contributed by atoms with Crippen LogP contribution in [0.3, 0.4) is 0 Å². The smallest absolute Gasteiger partial charge is 0.258 e. The fourth-order valence-electron chi connectivity index (χ4n) is 1.96. The fraction of sp³-hybridized carbons (Fsp3) is 0.133. The molecule has 0 saturated heterocycles. The van der Waals surface area contributed by atoms with E-state index in [0.29, 0.717) is 10.7 Å². The van der Waals surface area contributed by atoms with Gasteiger partial charge in [0.2, 0.25) is 0 Å². The van der Waals surface area contributed by atoms with Gasteiger partial charge in [-0.05, 0) is 29.8 Å². The van der Waals surface area contributed by atoms with Crippen LogP contribution < -0.4 is 5.32 Å². The standard InChI is InChI=1S/C15H12FN3OS/c16-12-5-3-10(4-6-12)13-9-21-15(18-13)19-14(20)11-2-1-7-17-8-11/h1-8,13H,9H2,(H,18,19,20)/t13-/m1/s1. The van der Waals surface area contributed by atoms with Gasteiger partial charge in [-0.1, -0.05) is 23.9 Å². The Morgan fingerprint density at radius 1 is 1.29 bits per heavy atom. The largest absolute Gasteiger partial charge is 0.301 e. The Morgan fingerprint density at radius 3 is 2.81 bits per heavy atom. The molecule has 0 saturated carbocycles. The minimum absolute atomic E-state index is 0.0557. The first-order chi connectivity index (χ1) is 10.2. The van der Waals surface area contributed by atoms with Crippen molar-refractivity contribution in [3.05, 3.63) is 65.7 Å². The fourth-order valence-corrected chi connectivity index (χ4v) is 2.91. The van der Waals surface area contributed by atoms with E-state index in [2.05, 4.69) is 15.3 Å². The van der Waals surface area contributed by atoms with Crippen LogP contribution in [0.4, 0.5) is 4.39 Å². The van der Waals surface area contributed by atoms with E-state index in [0.717, 1.165) is 11.3 Å². The van der Waals surface area contributed by atoms with Gasteiger partial charge in [-0.2, -0.15) is 0 Å². The number of rotatable bonds is 2. The van der Waals surface area contributed by atoms with Gasteiger partial charge in [-0.3, -0.25) is 14.8 Å². The molecule has 1 aromatic heterocycles. The summed E-state index contributed by atoms with van der Waals surface area (Å²) in [7, 11) is 0. The molecule has 1 atom stereocenters. The van der Waals surface area contributed by atoms with Crippen LogP contribution in [0, 0.1) is 5.82 Å². The molecule has 106 valence electrons. The summed E-state index contributed by atoms with van der Waals surface area (Å²) < 4.78 is 12.9. The highest BCUT2D eigenvalue weighted by atomic mass is 32.2. The van der Waals surface area contributed by atoms with Crippen molar-refractivity contribution in [3.8, 4) is 0 Å². The van der Waals surface area contributed by atoms with Crippen LogP contribution in [0.15, 0.2) is 53.8 Å². The lowest BCUT2D eigenvalue weighted by Crippen LogP contribution is -2.27. The molecule has 0 spiro atoms. The third-order valence-corrected chi connectivity index (χ3v) is 4.01. The maximum Gasteiger partial charge on any atom is 0.258 e. The number of benzene rings is 1. The second kappa shape index (κ2) is 6.05. The zero-order valence-electron chi connectivity index (χ0n) is 11.0. The van der Waals surface area contributed by atoms with Gasteiger partial charge in [0, 0.05) is 18.1 Å². The first-order valence-corrected chi connectivity index (χ1v) is 7.38. The van der Waals surface area contributed by atoms with Crippen molar-refractivity contribution in [2.75, 3.05) is 5.75 Å². The highest BCUT2D eigenvalue weighted by Crippen LogP contribution is 2.29. The van der Waals surface area contributed by atoms with Crippen molar-refractivity contribution < 1.29 is 9.18 Å². The molecule has 4 nitrogen and oxygen atoms in total. The molecule has 1 aliphatic heterocycles. The molecule has 1 N–H and O–H groups in total. The van der Waals surface area contributed by atoms with Crippen molar-refractivity contribution in [3.63, 3.8) is 0 Å². The molecule has 2 aromatic rings. The number of carbonyl (C=O) groups excluding carboxylic acids is 1. The SMILES string of the molecule is O=C(NC1=N[C@@H](c2ccc(F)cc2)CS1)c1cccnc1. The molecular formula is C15H12FN3OS. The van der Waals surface area contributed by atoms with Crippen LogP contribution >= 0.6 is 11.8 Å². The molecule has 2 heterocycles. The molecule has 0 aliphatic carbocycles. The number of nitrogens with zero attached hydrogens (tertiary/aromatic N) is 2. The Bertz CT molecular complexity index is 673. The maximum absolute atomic E-state index is 12.9. The Balaban J connectivity index is 1.69. The Morgan fingerprint density at radius 2 is 2.10 bits per heavy atom. The molecule has 6 heteroatoms. The van der Waals surface area contributed by atoms with E-state index >= 15 is 0 Å². The summed E-state index contributed by atoms with van der Waals surface area (Å²) in [6.45, 7) is 0. The van der Waals surface area contributed by atoms with Crippen LogP contribution in [0.5, 0.6) is 0 Å². The van der Waals surface area contributed by atoms with Gasteiger partial charge in [0.25, 0.3) is 5.91 Å². The Labute approximate surface area is 125 Å². The molecule has 21 heavy (non-hydrogen) atoms. The normalized spacial score (nSPS) is 17.4. The molecular weight excluding hydrogens is 289 g/mol. The molecule has 1 aliphatic rings. The Hall–Kier alpha value is -2.21. The van der Waals surface area contributed by atoms with Crippen molar-refractivity contribution in [2.45, 2.75) is 6.04 Å². The number of halogens is 1. The zero-order chi connectivity index (χ0) is 14.7. The number of nitrogens with one attached hydrogen (secondary N) is 1. The maximum atomic E-state index is 12.9. The number of thioether (sulfide) groups is 1. The van der Waals surface area contributed by atoms with Gasteiger partial charge in [-0.25, -0.2) is 4.39 Å². The first kappa shape index (κ1) is 13.8. The predicted molar refractivity (Wildman–Crippen MR) is 80.7 cm³/mol. The van der Waals surface area contributed by atoms with Gasteiger partial charge in [0.1, 0.15) is 5.82 Å². The van der Waals surface area contributed by atoms with Crippen LogP contribution in [0.2, 0.25) is 0 Å². The summed E-state index contributed by atoms with van der Waals surface area (Å²) >= 11 is 1.48. The highest BCUT2D eigenvalue weighted by molar-refractivity contribution is 8.14. The molecule has 3 rings (SSSR count). The van der Waals surface area contributed by atoms with Crippen LogP contribution in [0.1, 0.15) is 22.0 Å². The topological polar surface area (TPSA) is 54.4 Å². The number of hydrogen-bond acceptors (Lipinski definition) is 4. The van der Waals surface area contributed by atoms with E-state index in [-0.39, 0.29) is 17.8 Å². The van der Waals surface area contributed by atoms with E-state index in [1.807, 2.05) is 0 Å². The molecule has 0 radical (unpaired) electrons. The number of hydrogen-bond donors (Lipinski definition) is 1. The second-order valence-corrected chi connectivity index (χ2v) is 5.52. The third-order valence-electron chi connectivity index (χ3n) is 3.05. The van der Waals surface area contributed by atoms with E-state index in [1.54, 1.807) is 30.5 Å². The van der Waals surface area contributed by atoms with Gasteiger partial charge in [0.15, 0.2) is 5.17 Å². The number of aliphatic imine (C=N–C) groups is 1. The average molecular weight is 301 g/mol. The lowest BCUT2D eigenvalue weighted by Gasteiger charge is -2.05. The Kier molecular flexibility index (Phi) is 3.96. The quantitative estimate of drug-likeness (QED) is 0.928. The third kappa shape index (κ3) is 3.28. The van der Waals surface area contributed by atoms with Crippen molar-refractivity contribution in [1.82, 2.24) is 10.3 Å². The first-order valence-electron chi connectivity index (χ1n) is 6.40. The van der Waals surface area contributed by atoms with Gasteiger partial charge in [-0.15, -0.1) is 0 Å². The minimum Gasteiger partial charge on any atom is -0.301 e. The molecule has 0 unspecified atom stereocenters. The monoisotopic (exact) mass is 301 g/mol. The summed E-state index contributed by atoms with van der Waals surface area (Å²) in [6, 6.07) is 9.62. The predicted octanol–water partition coefficient (Wildman–Crippen LogP) is 2.79. The van der Waals surface area contributed by atoms with E-state index in [4.69, 9.17) is 0 Å².